The fourth-order valence-electron chi connectivity index (χ4n) is 2.64. The Morgan fingerprint density at radius 3 is 2.70 bits per heavy atom. The molecule has 2 atom stereocenters. The van der Waals surface area contributed by atoms with E-state index in [1.807, 2.05) is 0 Å². The molecule has 1 amide bonds. The Hall–Kier alpha value is -2.24. The fourth-order valence-corrected chi connectivity index (χ4v) is 3.92. The third-order valence-electron chi connectivity index (χ3n) is 3.98. The van der Waals surface area contributed by atoms with Gasteiger partial charge in [0.15, 0.2) is 6.10 Å². The largest absolute Gasteiger partial charge is 0.451 e. The monoisotopic (exact) mass is 419 g/mol. The quantitative estimate of drug-likeness (QED) is 0.419. The molecule has 1 aliphatic heterocycles. The molecule has 1 fully saturated rings. The third kappa shape index (κ3) is 5.15. The minimum Gasteiger partial charge on any atom is -0.451 e. The van der Waals surface area contributed by atoms with Gasteiger partial charge in [0.1, 0.15) is 6.04 Å². The van der Waals surface area contributed by atoms with Crippen LogP contribution < -0.4 is 5.32 Å². The van der Waals surface area contributed by atoms with Crippen LogP contribution in [0.3, 0.4) is 0 Å². The topological polar surface area (TPSA) is 136 Å². The molecule has 1 aromatic carbocycles. The van der Waals surface area contributed by atoms with E-state index in [-0.39, 0.29) is 22.9 Å². The van der Waals surface area contributed by atoms with Gasteiger partial charge in [-0.15, -0.1) is 0 Å². The Bertz CT molecular complexity index is 874. The summed E-state index contributed by atoms with van der Waals surface area (Å²) in [6, 6.07) is 2.55. The molecule has 2 rings (SSSR count). The van der Waals surface area contributed by atoms with E-state index in [0.29, 0.717) is 12.8 Å². The summed E-state index contributed by atoms with van der Waals surface area (Å²) in [5.41, 5.74) is -0.272. The Morgan fingerprint density at radius 2 is 2.11 bits per heavy atom. The zero-order chi connectivity index (χ0) is 20.4. The molecule has 0 saturated carbocycles. The van der Waals surface area contributed by atoms with Gasteiger partial charge in [-0.3, -0.25) is 19.7 Å². The summed E-state index contributed by atoms with van der Waals surface area (Å²) in [6.45, 7) is 1.51. The second-order valence-electron chi connectivity index (χ2n) is 6.02. The summed E-state index contributed by atoms with van der Waals surface area (Å²) in [4.78, 5) is 34.7. The van der Waals surface area contributed by atoms with Crippen molar-refractivity contribution in [3.8, 4) is 0 Å². The lowest BCUT2D eigenvalue weighted by Gasteiger charge is -2.22. The van der Waals surface area contributed by atoms with Gasteiger partial charge in [0.05, 0.1) is 21.9 Å². The number of amides is 1. The summed E-state index contributed by atoms with van der Waals surface area (Å²) in [5.74, 6) is -1.58. The number of anilines is 1. The molecule has 12 heteroatoms. The minimum absolute atomic E-state index is 0.00241. The summed E-state index contributed by atoms with van der Waals surface area (Å²) in [7, 11) is -3.57. The number of carbonyl (C=O) groups is 2. The van der Waals surface area contributed by atoms with Crippen molar-refractivity contribution in [2.45, 2.75) is 31.9 Å². The normalized spacial score (nSPS) is 18.7. The van der Waals surface area contributed by atoms with Crippen LogP contribution in [0.2, 0.25) is 5.02 Å². The molecule has 0 spiro atoms. The molecule has 1 N–H and O–H groups in total. The Labute approximate surface area is 160 Å². The Morgan fingerprint density at radius 1 is 1.44 bits per heavy atom. The number of nitro groups is 1. The highest BCUT2D eigenvalue weighted by Crippen LogP contribution is 2.27. The predicted octanol–water partition coefficient (Wildman–Crippen LogP) is 1.54. The van der Waals surface area contributed by atoms with Crippen molar-refractivity contribution >= 4 is 44.9 Å². The fraction of sp³-hybridized carbons (Fsp3) is 0.467. The van der Waals surface area contributed by atoms with Gasteiger partial charge in [-0.05, 0) is 25.8 Å². The smallest absolute Gasteiger partial charge is 0.325 e. The molecule has 10 nitrogen and oxygen atoms in total. The maximum Gasteiger partial charge on any atom is 0.325 e. The first kappa shape index (κ1) is 21.1. The van der Waals surface area contributed by atoms with E-state index in [1.54, 1.807) is 0 Å². The Kier molecular flexibility index (Phi) is 6.39. The van der Waals surface area contributed by atoms with E-state index in [1.165, 1.54) is 19.1 Å². The molecular weight excluding hydrogens is 402 g/mol. The highest BCUT2D eigenvalue weighted by atomic mass is 35.5. The summed E-state index contributed by atoms with van der Waals surface area (Å²) < 4.78 is 29.5. The molecule has 27 heavy (non-hydrogen) atoms. The predicted molar refractivity (Wildman–Crippen MR) is 96.9 cm³/mol. The van der Waals surface area contributed by atoms with E-state index < -0.39 is 39.0 Å². The molecule has 0 bridgehead atoms. The lowest BCUT2D eigenvalue weighted by atomic mass is 10.2. The van der Waals surface area contributed by atoms with Crippen molar-refractivity contribution in [3.63, 3.8) is 0 Å². The minimum atomic E-state index is -3.57. The second kappa shape index (κ2) is 8.19. The van der Waals surface area contributed by atoms with Crippen LogP contribution in [0.5, 0.6) is 0 Å². The number of carbonyl (C=O) groups excluding carboxylic acids is 2. The lowest BCUT2D eigenvalue weighted by molar-refractivity contribution is -0.384. The van der Waals surface area contributed by atoms with Crippen LogP contribution in [0, 0.1) is 10.1 Å². The molecule has 1 aromatic rings. The number of hydrogen-bond donors (Lipinski definition) is 1. The average molecular weight is 420 g/mol. The van der Waals surface area contributed by atoms with Crippen LogP contribution in [0.4, 0.5) is 11.4 Å². The van der Waals surface area contributed by atoms with Crippen molar-refractivity contribution in [1.82, 2.24) is 4.31 Å². The maximum atomic E-state index is 12.3. The number of halogens is 1. The van der Waals surface area contributed by atoms with Gasteiger partial charge >= 0.3 is 5.97 Å². The van der Waals surface area contributed by atoms with E-state index >= 15 is 0 Å². The van der Waals surface area contributed by atoms with Gasteiger partial charge in [-0.2, -0.15) is 4.31 Å². The highest BCUT2D eigenvalue weighted by Gasteiger charge is 2.38. The summed E-state index contributed by atoms with van der Waals surface area (Å²) in [6.07, 6.45) is 0.557. The van der Waals surface area contributed by atoms with Gasteiger partial charge in [-0.25, -0.2) is 8.42 Å². The van der Waals surface area contributed by atoms with Gasteiger partial charge in [0, 0.05) is 18.7 Å². The van der Waals surface area contributed by atoms with Crippen LogP contribution in [0.25, 0.3) is 0 Å². The lowest BCUT2D eigenvalue weighted by Crippen LogP contribution is -2.43. The molecule has 1 heterocycles. The van der Waals surface area contributed by atoms with E-state index in [9.17, 15) is 28.1 Å². The van der Waals surface area contributed by atoms with Crippen LogP contribution in [0.1, 0.15) is 19.8 Å². The van der Waals surface area contributed by atoms with E-state index in [2.05, 4.69) is 5.32 Å². The first-order valence-electron chi connectivity index (χ1n) is 7.93. The SMILES string of the molecule is C[C@@H](OC(=O)[C@@H]1CCCN1S(C)(=O)=O)C(=O)Nc1cc([N+](=O)[O-])ccc1Cl. The molecule has 0 radical (unpaired) electrons. The van der Waals surface area contributed by atoms with E-state index in [0.717, 1.165) is 16.6 Å². The van der Waals surface area contributed by atoms with Crippen LogP contribution in [-0.4, -0.2) is 54.5 Å². The number of ether oxygens (including phenoxy) is 1. The number of nitrogens with one attached hydrogen (secondary N) is 1. The average Bonchev–Trinajstić information content (AvgIpc) is 3.06. The van der Waals surface area contributed by atoms with Crippen LogP contribution >= 0.6 is 11.6 Å². The molecule has 0 aliphatic carbocycles. The van der Waals surface area contributed by atoms with Gasteiger partial charge < -0.3 is 10.1 Å². The van der Waals surface area contributed by atoms with Crippen molar-refractivity contribution in [1.29, 1.82) is 0 Å². The standard InChI is InChI=1S/C15H18ClN3O7S/c1-9(26-15(21)13-4-3-7-18(13)27(2,24)25)14(20)17-12-8-10(19(22)23)5-6-11(12)16/h5-6,8-9,13H,3-4,7H2,1-2H3,(H,17,20)/t9-,13+/m1/s1. The van der Waals surface area contributed by atoms with Gasteiger partial charge in [-0.1, -0.05) is 11.6 Å². The number of benzene rings is 1. The highest BCUT2D eigenvalue weighted by molar-refractivity contribution is 7.88. The first-order chi connectivity index (χ1) is 12.5. The van der Waals surface area contributed by atoms with Crippen molar-refractivity contribution in [2.75, 3.05) is 18.1 Å². The zero-order valence-corrected chi connectivity index (χ0v) is 16.1. The number of esters is 1. The molecule has 0 unspecified atom stereocenters. The van der Waals surface area contributed by atoms with Crippen molar-refractivity contribution in [3.05, 3.63) is 33.3 Å². The number of rotatable bonds is 6. The second-order valence-corrected chi connectivity index (χ2v) is 8.36. The van der Waals surface area contributed by atoms with Crippen molar-refractivity contribution < 1.29 is 27.7 Å². The zero-order valence-electron chi connectivity index (χ0n) is 14.5. The number of nitro benzene ring substituents is 1. The number of hydrogen-bond acceptors (Lipinski definition) is 7. The third-order valence-corrected chi connectivity index (χ3v) is 5.60. The molecule has 1 aliphatic rings. The first-order valence-corrected chi connectivity index (χ1v) is 10.2. The van der Waals surface area contributed by atoms with E-state index in [4.69, 9.17) is 16.3 Å². The Balaban J connectivity index is 2.05. The van der Waals surface area contributed by atoms with Gasteiger partial charge in [0.2, 0.25) is 10.0 Å². The van der Waals surface area contributed by atoms with Crippen LogP contribution in [-0.2, 0) is 24.3 Å². The summed E-state index contributed by atoms with van der Waals surface area (Å²) in [5, 5.41) is 13.2. The van der Waals surface area contributed by atoms with Crippen molar-refractivity contribution in [2.24, 2.45) is 0 Å². The number of non-ortho nitro benzene ring substituents is 1. The summed E-state index contributed by atoms with van der Waals surface area (Å²) >= 11 is 5.91. The maximum absolute atomic E-state index is 12.3. The van der Waals surface area contributed by atoms with Crippen LogP contribution in [0.15, 0.2) is 18.2 Å². The molecular formula is C15H18ClN3O7S. The number of nitrogens with zero attached hydrogens (tertiary/aromatic N) is 2. The molecule has 1 saturated heterocycles. The van der Waals surface area contributed by atoms with Gasteiger partial charge in [0.25, 0.3) is 11.6 Å². The number of sulfonamides is 1. The molecule has 0 aromatic heterocycles. The molecule has 148 valence electrons.